The molecule has 0 fully saturated rings. The molecule has 0 radical (unpaired) electrons. The van der Waals surface area contributed by atoms with Crippen molar-refractivity contribution < 1.29 is 24.2 Å². The first-order valence-electron chi connectivity index (χ1n) is 10.4. The van der Waals surface area contributed by atoms with E-state index in [1.807, 2.05) is 0 Å². The number of carbonyl (C=O) groups excluding carboxylic acids is 2. The highest BCUT2D eigenvalue weighted by atomic mass is 16.6. The van der Waals surface area contributed by atoms with Crippen molar-refractivity contribution >= 4 is 23.6 Å². The van der Waals surface area contributed by atoms with Gasteiger partial charge >= 0.3 is 6.09 Å². The summed E-state index contributed by atoms with van der Waals surface area (Å²) in [6, 6.07) is 7.30. The fourth-order valence-corrected chi connectivity index (χ4v) is 3.30. The molecule has 0 bridgehead atoms. The zero-order valence-electron chi connectivity index (χ0n) is 19.3. The van der Waals surface area contributed by atoms with Crippen LogP contribution in [0.15, 0.2) is 30.6 Å². The van der Waals surface area contributed by atoms with Crippen LogP contribution in [0.3, 0.4) is 0 Å². The number of fused-ring (bicyclic) bond motifs is 1. The van der Waals surface area contributed by atoms with Gasteiger partial charge in [0.05, 0.1) is 24.0 Å². The second-order valence-corrected chi connectivity index (χ2v) is 8.94. The van der Waals surface area contributed by atoms with Crippen molar-refractivity contribution in [2.75, 3.05) is 30.0 Å². The molecule has 1 atom stereocenters. The number of amides is 2. The maximum Gasteiger partial charge on any atom is 0.416 e. The topological polar surface area (TPSA) is 129 Å². The van der Waals surface area contributed by atoms with E-state index in [0.29, 0.717) is 24.2 Å². The number of rotatable bonds is 5. The summed E-state index contributed by atoms with van der Waals surface area (Å²) in [4.78, 5) is 35.9. The molecule has 174 valence electrons. The zero-order chi connectivity index (χ0) is 24.4. The van der Waals surface area contributed by atoms with Gasteiger partial charge in [-0.05, 0) is 51.8 Å². The number of nitriles is 1. The number of benzene rings is 1. The molecule has 0 saturated heterocycles. The Balaban J connectivity index is 1.64. The van der Waals surface area contributed by atoms with E-state index in [9.17, 15) is 20.0 Å². The summed E-state index contributed by atoms with van der Waals surface area (Å²) in [6.45, 7) is 6.68. The van der Waals surface area contributed by atoms with Crippen LogP contribution >= 0.6 is 0 Å². The van der Waals surface area contributed by atoms with Crippen LogP contribution in [0.25, 0.3) is 0 Å². The second-order valence-electron chi connectivity index (χ2n) is 8.94. The highest BCUT2D eigenvalue weighted by Gasteiger charge is 2.39. The normalized spacial score (nSPS) is 14.6. The average Bonchev–Trinajstić information content (AvgIpc) is 3.20. The van der Waals surface area contributed by atoms with Crippen LogP contribution in [0, 0.1) is 11.3 Å². The third kappa shape index (κ3) is 5.38. The van der Waals surface area contributed by atoms with Crippen molar-refractivity contribution in [1.82, 2.24) is 9.97 Å². The lowest BCUT2D eigenvalue weighted by molar-refractivity contribution is -0.137. The number of carbonyl (C=O) groups is 2. The van der Waals surface area contributed by atoms with Crippen LogP contribution in [-0.4, -0.2) is 58.5 Å². The van der Waals surface area contributed by atoms with Crippen molar-refractivity contribution in [2.24, 2.45) is 0 Å². The van der Waals surface area contributed by atoms with Gasteiger partial charge in [-0.2, -0.15) is 5.26 Å². The van der Waals surface area contributed by atoms with E-state index in [1.165, 1.54) is 31.3 Å². The largest absolute Gasteiger partial charge is 0.487 e. The predicted molar refractivity (Wildman–Crippen MR) is 120 cm³/mol. The molecule has 2 aromatic rings. The smallest absolute Gasteiger partial charge is 0.416 e. The Morgan fingerprint density at radius 3 is 2.52 bits per heavy atom. The van der Waals surface area contributed by atoms with Gasteiger partial charge in [-0.3, -0.25) is 4.79 Å². The molecule has 1 aromatic carbocycles. The number of aliphatic hydroxyl groups is 1. The van der Waals surface area contributed by atoms with Crippen molar-refractivity contribution in [3.8, 4) is 11.8 Å². The Bertz CT molecular complexity index is 1090. The first kappa shape index (κ1) is 23.9. The molecule has 3 rings (SSSR count). The molecule has 10 nitrogen and oxygen atoms in total. The molecule has 1 N–H and O–H groups in total. The second kappa shape index (κ2) is 9.03. The average molecular weight is 453 g/mol. The fraction of sp³-hybridized carbons (Fsp3) is 0.435. The number of ether oxygens (including phenoxy) is 2. The lowest BCUT2D eigenvalue weighted by Crippen LogP contribution is -2.50. The van der Waals surface area contributed by atoms with Crippen LogP contribution in [0.4, 0.5) is 16.4 Å². The lowest BCUT2D eigenvalue weighted by Gasteiger charge is -2.28. The Morgan fingerprint density at radius 1 is 1.24 bits per heavy atom. The van der Waals surface area contributed by atoms with Gasteiger partial charge in [-0.15, -0.1) is 0 Å². The van der Waals surface area contributed by atoms with Crippen molar-refractivity contribution in [3.63, 3.8) is 0 Å². The molecular formula is C23H27N5O5. The quantitative estimate of drug-likeness (QED) is 0.731. The van der Waals surface area contributed by atoms with Crippen molar-refractivity contribution in [1.29, 1.82) is 5.26 Å². The maximum atomic E-state index is 13.0. The number of nitrogens with zero attached hydrogens (tertiary/aromatic N) is 5. The fourth-order valence-electron chi connectivity index (χ4n) is 3.30. The standard InChI is InChI=1S/C23H27N5O5/c1-22(2,3)33-21(30)27(5)20-25-12-16(13-26-20)32-14-23(4,31)19(29)28-10-9-17-15(11-24)7-6-8-18(17)28/h6-8,12-13,31H,9-10,14H2,1-5H3. The molecule has 0 saturated carbocycles. The Labute approximate surface area is 192 Å². The molecule has 1 unspecified atom stereocenters. The summed E-state index contributed by atoms with van der Waals surface area (Å²) >= 11 is 0. The van der Waals surface area contributed by atoms with Crippen LogP contribution in [0.1, 0.15) is 38.8 Å². The van der Waals surface area contributed by atoms with Gasteiger partial charge in [0.25, 0.3) is 5.91 Å². The van der Waals surface area contributed by atoms with Gasteiger partial charge in [0.1, 0.15) is 12.2 Å². The molecule has 2 amide bonds. The Kier molecular flexibility index (Phi) is 6.56. The number of hydrogen-bond donors (Lipinski definition) is 1. The van der Waals surface area contributed by atoms with Gasteiger partial charge in [0.2, 0.25) is 5.95 Å². The molecule has 33 heavy (non-hydrogen) atoms. The predicted octanol–water partition coefficient (Wildman–Crippen LogP) is 2.44. The molecule has 1 aromatic heterocycles. The van der Waals surface area contributed by atoms with Crippen LogP contribution in [0.2, 0.25) is 0 Å². The van der Waals surface area contributed by atoms with E-state index in [1.54, 1.807) is 39.0 Å². The minimum atomic E-state index is -1.82. The van der Waals surface area contributed by atoms with Crippen LogP contribution in [-0.2, 0) is 16.0 Å². The van der Waals surface area contributed by atoms with E-state index in [0.717, 1.165) is 10.5 Å². The minimum Gasteiger partial charge on any atom is -0.487 e. The number of hydrogen-bond acceptors (Lipinski definition) is 8. The van der Waals surface area contributed by atoms with Gasteiger partial charge in [-0.1, -0.05) is 6.07 Å². The third-order valence-electron chi connectivity index (χ3n) is 4.96. The van der Waals surface area contributed by atoms with Gasteiger partial charge < -0.3 is 19.5 Å². The number of aromatic nitrogens is 2. The van der Waals surface area contributed by atoms with Crippen molar-refractivity contribution in [3.05, 3.63) is 41.7 Å². The molecule has 10 heteroatoms. The summed E-state index contributed by atoms with van der Waals surface area (Å²) in [5, 5.41) is 20.1. The van der Waals surface area contributed by atoms with E-state index < -0.39 is 23.2 Å². The van der Waals surface area contributed by atoms with Crippen molar-refractivity contribution in [2.45, 2.75) is 45.3 Å². The minimum absolute atomic E-state index is 0.112. The molecule has 0 spiro atoms. The molecule has 2 heterocycles. The Morgan fingerprint density at radius 2 is 1.91 bits per heavy atom. The molecule has 1 aliphatic rings. The third-order valence-corrected chi connectivity index (χ3v) is 4.96. The van der Waals surface area contributed by atoms with E-state index in [4.69, 9.17) is 9.47 Å². The van der Waals surface area contributed by atoms with E-state index in [-0.39, 0.29) is 18.3 Å². The summed E-state index contributed by atoms with van der Waals surface area (Å²) in [6.07, 6.45) is 2.62. The van der Waals surface area contributed by atoms with Gasteiger partial charge in [-0.25, -0.2) is 19.7 Å². The van der Waals surface area contributed by atoms with Crippen LogP contribution in [0.5, 0.6) is 5.75 Å². The molecule has 1 aliphatic heterocycles. The van der Waals surface area contributed by atoms with E-state index >= 15 is 0 Å². The number of anilines is 2. The monoisotopic (exact) mass is 453 g/mol. The van der Waals surface area contributed by atoms with Crippen LogP contribution < -0.4 is 14.5 Å². The zero-order valence-corrected chi connectivity index (χ0v) is 19.3. The summed E-state index contributed by atoms with van der Waals surface area (Å²) < 4.78 is 10.8. The van der Waals surface area contributed by atoms with Gasteiger partial charge in [0.15, 0.2) is 11.4 Å². The molecule has 0 aliphatic carbocycles. The summed E-state index contributed by atoms with van der Waals surface area (Å²) in [5.74, 6) is -0.196. The first-order valence-corrected chi connectivity index (χ1v) is 10.4. The van der Waals surface area contributed by atoms with Gasteiger partial charge in [0, 0.05) is 19.3 Å². The highest BCUT2D eigenvalue weighted by molar-refractivity contribution is 6.01. The summed E-state index contributed by atoms with van der Waals surface area (Å²) in [5.41, 5.74) is -0.540. The highest BCUT2D eigenvalue weighted by Crippen LogP contribution is 2.32. The SMILES string of the molecule is CN(C(=O)OC(C)(C)C)c1ncc(OCC(C)(O)C(=O)N2CCc3c(C#N)cccc32)cn1. The first-order chi connectivity index (χ1) is 15.4. The summed E-state index contributed by atoms with van der Waals surface area (Å²) in [7, 11) is 1.49. The Hall–Kier alpha value is -3.71. The lowest BCUT2D eigenvalue weighted by atomic mass is 10.0. The van der Waals surface area contributed by atoms with E-state index in [2.05, 4.69) is 16.0 Å². The maximum absolute atomic E-state index is 13.0. The molecular weight excluding hydrogens is 426 g/mol.